The summed E-state index contributed by atoms with van der Waals surface area (Å²) in [5.74, 6) is 0.111. The van der Waals surface area contributed by atoms with E-state index in [1.54, 1.807) is 7.05 Å². The fourth-order valence-electron chi connectivity index (χ4n) is 1.89. The van der Waals surface area contributed by atoms with Gasteiger partial charge in [-0.15, -0.1) is 0 Å². The van der Waals surface area contributed by atoms with Crippen molar-refractivity contribution in [3.05, 3.63) is 11.4 Å². The van der Waals surface area contributed by atoms with Crippen LogP contribution in [0.3, 0.4) is 0 Å². The SMILES string of the molecule is CCCCCCCC(=O)Nc1nc(C#N)c(C#N)n1C. The maximum Gasteiger partial charge on any atom is 0.226 e. The Labute approximate surface area is 119 Å². The second-order valence-corrected chi connectivity index (χ2v) is 4.63. The van der Waals surface area contributed by atoms with Crippen LogP contribution >= 0.6 is 0 Å². The fourth-order valence-corrected chi connectivity index (χ4v) is 1.89. The normalized spacial score (nSPS) is 9.80. The lowest BCUT2D eigenvalue weighted by Gasteiger charge is -2.04. The van der Waals surface area contributed by atoms with Crippen LogP contribution < -0.4 is 5.32 Å². The smallest absolute Gasteiger partial charge is 0.226 e. The van der Waals surface area contributed by atoms with E-state index in [0.29, 0.717) is 6.42 Å². The van der Waals surface area contributed by atoms with Crippen molar-refractivity contribution in [3.8, 4) is 12.1 Å². The summed E-state index contributed by atoms with van der Waals surface area (Å²) >= 11 is 0. The number of unbranched alkanes of at least 4 members (excludes halogenated alkanes) is 4. The lowest BCUT2D eigenvalue weighted by Crippen LogP contribution is -2.14. The predicted octanol–water partition coefficient (Wildman–Crippen LogP) is 2.46. The molecule has 106 valence electrons. The lowest BCUT2D eigenvalue weighted by atomic mass is 10.1. The van der Waals surface area contributed by atoms with Crippen LogP contribution in [0.2, 0.25) is 0 Å². The minimum atomic E-state index is -0.136. The molecule has 0 aliphatic rings. The Balaban J connectivity index is 2.53. The number of nitrogens with zero attached hydrogens (tertiary/aromatic N) is 4. The molecule has 1 aromatic heterocycles. The number of amides is 1. The molecule has 0 spiro atoms. The highest BCUT2D eigenvalue weighted by molar-refractivity contribution is 5.89. The van der Waals surface area contributed by atoms with Gasteiger partial charge in [0.1, 0.15) is 12.1 Å². The topological polar surface area (TPSA) is 94.5 Å². The highest BCUT2D eigenvalue weighted by Crippen LogP contribution is 2.13. The van der Waals surface area contributed by atoms with E-state index in [1.165, 1.54) is 17.4 Å². The first-order valence-electron chi connectivity index (χ1n) is 6.80. The maximum absolute atomic E-state index is 11.8. The Hall–Kier alpha value is -2.34. The van der Waals surface area contributed by atoms with E-state index in [9.17, 15) is 4.79 Å². The average Bonchev–Trinajstić information content (AvgIpc) is 2.74. The molecule has 0 radical (unpaired) electrons. The zero-order valence-corrected chi connectivity index (χ0v) is 11.9. The van der Waals surface area contributed by atoms with Gasteiger partial charge in [-0.2, -0.15) is 10.5 Å². The molecule has 0 aromatic carbocycles. The van der Waals surface area contributed by atoms with Gasteiger partial charge < -0.3 is 4.57 Å². The molecule has 0 aliphatic carbocycles. The number of rotatable bonds is 7. The van der Waals surface area contributed by atoms with Gasteiger partial charge in [-0.1, -0.05) is 32.6 Å². The highest BCUT2D eigenvalue weighted by Gasteiger charge is 2.15. The van der Waals surface area contributed by atoms with E-state index in [4.69, 9.17) is 10.5 Å². The van der Waals surface area contributed by atoms with E-state index in [2.05, 4.69) is 17.2 Å². The minimum absolute atomic E-state index is 0.0354. The van der Waals surface area contributed by atoms with Crippen LogP contribution in [0.15, 0.2) is 0 Å². The molecule has 1 amide bonds. The molecule has 0 aliphatic heterocycles. The number of hydrogen-bond donors (Lipinski definition) is 1. The zero-order chi connectivity index (χ0) is 15.0. The second kappa shape index (κ2) is 7.96. The maximum atomic E-state index is 11.8. The number of hydrogen-bond acceptors (Lipinski definition) is 4. The minimum Gasteiger partial charge on any atom is -0.304 e. The molecule has 0 atom stereocenters. The number of carbonyl (C=O) groups is 1. The number of carbonyl (C=O) groups excluding carboxylic acids is 1. The Kier molecular flexibility index (Phi) is 6.25. The highest BCUT2D eigenvalue weighted by atomic mass is 16.1. The monoisotopic (exact) mass is 273 g/mol. The zero-order valence-electron chi connectivity index (χ0n) is 11.9. The van der Waals surface area contributed by atoms with E-state index >= 15 is 0 Å². The Bertz CT molecular complexity index is 547. The molecule has 1 heterocycles. The van der Waals surface area contributed by atoms with Crippen molar-refractivity contribution in [3.63, 3.8) is 0 Å². The number of nitriles is 2. The molecular weight excluding hydrogens is 254 g/mol. The number of imidazole rings is 1. The van der Waals surface area contributed by atoms with Crippen LogP contribution in [0.4, 0.5) is 5.95 Å². The van der Waals surface area contributed by atoms with Crippen LogP contribution in [0, 0.1) is 22.7 Å². The summed E-state index contributed by atoms with van der Waals surface area (Å²) in [5, 5.41) is 20.4. The van der Waals surface area contributed by atoms with E-state index < -0.39 is 0 Å². The predicted molar refractivity (Wildman–Crippen MR) is 74.6 cm³/mol. The Morgan fingerprint density at radius 1 is 1.25 bits per heavy atom. The quantitative estimate of drug-likeness (QED) is 0.772. The number of anilines is 1. The molecule has 0 saturated heterocycles. The molecule has 1 N–H and O–H groups in total. The summed E-state index contributed by atoms with van der Waals surface area (Å²) in [6.07, 6.45) is 5.82. The van der Waals surface area contributed by atoms with Gasteiger partial charge in [0, 0.05) is 13.5 Å². The molecule has 0 unspecified atom stereocenters. The summed E-state index contributed by atoms with van der Waals surface area (Å²) in [4.78, 5) is 15.7. The van der Waals surface area contributed by atoms with Gasteiger partial charge in [0.25, 0.3) is 0 Å². The van der Waals surface area contributed by atoms with Crippen LogP contribution in [0.5, 0.6) is 0 Å². The second-order valence-electron chi connectivity index (χ2n) is 4.63. The van der Waals surface area contributed by atoms with Crippen molar-refractivity contribution in [2.45, 2.75) is 45.4 Å². The molecular formula is C14H19N5O. The summed E-state index contributed by atoms with van der Waals surface area (Å²) in [5.41, 5.74) is 0.194. The van der Waals surface area contributed by atoms with Gasteiger partial charge in [0.15, 0.2) is 11.4 Å². The fraction of sp³-hybridized carbons (Fsp3) is 0.571. The van der Waals surface area contributed by atoms with E-state index in [0.717, 1.165) is 19.3 Å². The molecule has 0 saturated carbocycles. The van der Waals surface area contributed by atoms with Gasteiger partial charge in [-0.25, -0.2) is 4.98 Å². The van der Waals surface area contributed by atoms with Crippen molar-refractivity contribution < 1.29 is 4.79 Å². The summed E-state index contributed by atoms with van der Waals surface area (Å²) in [6.45, 7) is 2.15. The Morgan fingerprint density at radius 3 is 2.50 bits per heavy atom. The molecule has 6 nitrogen and oxygen atoms in total. The molecule has 0 fully saturated rings. The van der Waals surface area contributed by atoms with Crippen molar-refractivity contribution in [1.82, 2.24) is 9.55 Å². The van der Waals surface area contributed by atoms with Gasteiger partial charge in [0.05, 0.1) is 0 Å². The largest absolute Gasteiger partial charge is 0.304 e. The number of nitrogens with one attached hydrogen (secondary N) is 1. The first kappa shape index (κ1) is 15.7. The Morgan fingerprint density at radius 2 is 1.95 bits per heavy atom. The molecule has 6 heteroatoms. The van der Waals surface area contributed by atoms with Crippen LogP contribution in [-0.4, -0.2) is 15.5 Å². The summed E-state index contributed by atoms with van der Waals surface area (Å²) in [6, 6.07) is 3.74. The van der Waals surface area contributed by atoms with E-state index in [-0.39, 0.29) is 23.2 Å². The molecule has 1 aromatic rings. The van der Waals surface area contributed by atoms with Crippen molar-refractivity contribution in [2.24, 2.45) is 7.05 Å². The van der Waals surface area contributed by atoms with Crippen LogP contribution in [0.25, 0.3) is 0 Å². The van der Waals surface area contributed by atoms with Gasteiger partial charge >= 0.3 is 0 Å². The third-order valence-electron chi connectivity index (χ3n) is 3.07. The van der Waals surface area contributed by atoms with Gasteiger partial charge in [0.2, 0.25) is 11.9 Å². The third-order valence-corrected chi connectivity index (χ3v) is 3.07. The summed E-state index contributed by atoms with van der Waals surface area (Å²) in [7, 11) is 1.60. The van der Waals surface area contributed by atoms with Crippen LogP contribution in [-0.2, 0) is 11.8 Å². The molecule has 1 rings (SSSR count). The third kappa shape index (κ3) is 4.10. The number of aromatic nitrogens is 2. The van der Waals surface area contributed by atoms with Crippen molar-refractivity contribution in [2.75, 3.05) is 5.32 Å². The first-order valence-corrected chi connectivity index (χ1v) is 6.80. The standard InChI is InChI=1S/C14H19N5O/c1-3-4-5-6-7-8-13(20)18-14-17-11(9-15)12(10-16)19(14)2/h3-8H2,1-2H3,(H,17,18,20). The van der Waals surface area contributed by atoms with E-state index in [1.807, 2.05) is 12.1 Å². The van der Waals surface area contributed by atoms with Crippen LogP contribution in [0.1, 0.15) is 56.8 Å². The molecule has 0 bridgehead atoms. The van der Waals surface area contributed by atoms with Gasteiger partial charge in [-0.3, -0.25) is 10.1 Å². The van der Waals surface area contributed by atoms with Crippen molar-refractivity contribution in [1.29, 1.82) is 10.5 Å². The summed E-state index contributed by atoms with van der Waals surface area (Å²) < 4.78 is 1.42. The van der Waals surface area contributed by atoms with Gasteiger partial charge in [-0.05, 0) is 6.42 Å². The van der Waals surface area contributed by atoms with Crippen molar-refractivity contribution >= 4 is 11.9 Å². The first-order chi connectivity index (χ1) is 9.63. The average molecular weight is 273 g/mol. The lowest BCUT2D eigenvalue weighted by molar-refractivity contribution is -0.116. The molecule has 20 heavy (non-hydrogen) atoms.